The van der Waals surface area contributed by atoms with Crippen molar-refractivity contribution in [3.63, 3.8) is 0 Å². The van der Waals surface area contributed by atoms with Crippen molar-refractivity contribution < 1.29 is 0 Å². The maximum absolute atomic E-state index is 4.47. The van der Waals surface area contributed by atoms with Crippen molar-refractivity contribution >= 4 is 5.95 Å². The molecule has 0 unspecified atom stereocenters. The second-order valence-electron chi connectivity index (χ2n) is 4.83. The molecule has 0 aliphatic carbocycles. The molecule has 0 saturated carbocycles. The van der Waals surface area contributed by atoms with E-state index in [1.165, 1.54) is 0 Å². The molecule has 0 aliphatic heterocycles. The minimum Gasteiger partial charge on any atom is -0.354 e. The van der Waals surface area contributed by atoms with Gasteiger partial charge in [-0.1, -0.05) is 26.7 Å². The Morgan fingerprint density at radius 2 is 1.95 bits per heavy atom. The molecular formula is C15H21N5. The number of pyridine rings is 1. The average molecular weight is 271 g/mol. The van der Waals surface area contributed by atoms with Crippen LogP contribution in [0.1, 0.15) is 32.5 Å². The molecule has 0 aromatic carbocycles. The standard InChI is InChI=1S/C15H21N5/c1-4-12(5-2)9-17-15-19-11(3)18-14(20-15)13-7-6-8-16-10-13/h6-8,10,12H,4-5,9H2,1-3H3,(H,17,18,19,20). The van der Waals surface area contributed by atoms with Crippen LogP contribution in [0.15, 0.2) is 24.5 Å². The summed E-state index contributed by atoms with van der Waals surface area (Å²) in [5.41, 5.74) is 0.906. The van der Waals surface area contributed by atoms with Gasteiger partial charge in [-0.15, -0.1) is 0 Å². The van der Waals surface area contributed by atoms with E-state index in [1.807, 2.05) is 19.1 Å². The normalized spacial score (nSPS) is 10.8. The van der Waals surface area contributed by atoms with Crippen LogP contribution in [0.3, 0.4) is 0 Å². The lowest BCUT2D eigenvalue weighted by atomic mass is 10.0. The Labute approximate surface area is 119 Å². The maximum Gasteiger partial charge on any atom is 0.226 e. The number of hydrogen-bond acceptors (Lipinski definition) is 5. The third kappa shape index (κ3) is 3.73. The summed E-state index contributed by atoms with van der Waals surface area (Å²) in [5, 5.41) is 3.31. The van der Waals surface area contributed by atoms with Crippen LogP contribution in [-0.2, 0) is 0 Å². The largest absolute Gasteiger partial charge is 0.354 e. The first-order valence-electron chi connectivity index (χ1n) is 7.09. The van der Waals surface area contributed by atoms with Gasteiger partial charge >= 0.3 is 0 Å². The van der Waals surface area contributed by atoms with E-state index in [9.17, 15) is 0 Å². The fourth-order valence-electron chi connectivity index (χ4n) is 2.00. The minimum absolute atomic E-state index is 0.642. The van der Waals surface area contributed by atoms with Gasteiger partial charge in [-0.2, -0.15) is 9.97 Å². The quantitative estimate of drug-likeness (QED) is 0.874. The Morgan fingerprint density at radius 1 is 1.15 bits per heavy atom. The van der Waals surface area contributed by atoms with Crippen molar-refractivity contribution in [1.29, 1.82) is 0 Å². The summed E-state index contributed by atoms with van der Waals surface area (Å²) in [6.45, 7) is 7.18. The molecule has 5 nitrogen and oxygen atoms in total. The summed E-state index contributed by atoms with van der Waals surface area (Å²) in [5.74, 6) is 2.67. The topological polar surface area (TPSA) is 63.6 Å². The first-order chi connectivity index (χ1) is 9.72. The predicted octanol–water partition coefficient (Wildman–Crippen LogP) is 3.09. The van der Waals surface area contributed by atoms with Gasteiger partial charge in [0, 0.05) is 24.5 Å². The molecular weight excluding hydrogens is 250 g/mol. The molecule has 0 fully saturated rings. The van der Waals surface area contributed by atoms with Crippen LogP contribution in [0.25, 0.3) is 11.4 Å². The third-order valence-electron chi connectivity index (χ3n) is 3.37. The molecule has 0 bridgehead atoms. The van der Waals surface area contributed by atoms with E-state index in [2.05, 4.69) is 39.1 Å². The van der Waals surface area contributed by atoms with E-state index in [-0.39, 0.29) is 0 Å². The van der Waals surface area contributed by atoms with E-state index in [4.69, 9.17) is 0 Å². The third-order valence-corrected chi connectivity index (χ3v) is 3.37. The van der Waals surface area contributed by atoms with E-state index in [0.29, 0.717) is 23.5 Å². The van der Waals surface area contributed by atoms with Gasteiger partial charge in [0.2, 0.25) is 5.95 Å². The van der Waals surface area contributed by atoms with Gasteiger partial charge in [-0.3, -0.25) is 4.98 Å². The summed E-state index contributed by atoms with van der Waals surface area (Å²) in [6.07, 6.45) is 5.81. The maximum atomic E-state index is 4.47. The van der Waals surface area contributed by atoms with Gasteiger partial charge in [-0.05, 0) is 25.0 Å². The average Bonchev–Trinajstić information content (AvgIpc) is 2.49. The van der Waals surface area contributed by atoms with Crippen molar-refractivity contribution in [2.75, 3.05) is 11.9 Å². The zero-order valence-corrected chi connectivity index (χ0v) is 12.3. The molecule has 0 radical (unpaired) electrons. The summed E-state index contributed by atoms with van der Waals surface area (Å²) in [7, 11) is 0. The van der Waals surface area contributed by atoms with Crippen LogP contribution in [0.4, 0.5) is 5.95 Å². The summed E-state index contributed by atoms with van der Waals surface area (Å²) < 4.78 is 0. The van der Waals surface area contributed by atoms with Crippen LogP contribution in [0.5, 0.6) is 0 Å². The number of aromatic nitrogens is 4. The molecule has 1 N–H and O–H groups in total. The molecule has 2 rings (SSSR count). The van der Waals surface area contributed by atoms with Gasteiger partial charge in [0.05, 0.1) is 0 Å². The molecule has 5 heteroatoms. The van der Waals surface area contributed by atoms with Crippen molar-refractivity contribution in [2.24, 2.45) is 5.92 Å². The molecule has 2 heterocycles. The Morgan fingerprint density at radius 3 is 2.60 bits per heavy atom. The highest BCUT2D eigenvalue weighted by Gasteiger charge is 2.08. The fraction of sp³-hybridized carbons (Fsp3) is 0.467. The molecule has 0 aliphatic rings. The second kappa shape index (κ2) is 6.93. The van der Waals surface area contributed by atoms with Crippen molar-refractivity contribution in [2.45, 2.75) is 33.6 Å². The number of rotatable bonds is 6. The lowest BCUT2D eigenvalue weighted by Crippen LogP contribution is -2.15. The predicted molar refractivity (Wildman–Crippen MR) is 80.4 cm³/mol. The first-order valence-corrected chi connectivity index (χ1v) is 7.09. The van der Waals surface area contributed by atoms with Crippen LogP contribution < -0.4 is 5.32 Å². The lowest BCUT2D eigenvalue weighted by molar-refractivity contribution is 0.517. The van der Waals surface area contributed by atoms with Crippen molar-refractivity contribution in [3.8, 4) is 11.4 Å². The summed E-state index contributed by atoms with van der Waals surface area (Å²) in [6, 6.07) is 3.83. The van der Waals surface area contributed by atoms with Gasteiger partial charge in [-0.25, -0.2) is 4.98 Å². The van der Waals surface area contributed by atoms with Crippen LogP contribution in [0, 0.1) is 12.8 Å². The zero-order valence-electron chi connectivity index (χ0n) is 12.3. The van der Waals surface area contributed by atoms with Crippen LogP contribution in [0.2, 0.25) is 0 Å². The molecule has 20 heavy (non-hydrogen) atoms. The number of aryl methyl sites for hydroxylation is 1. The van der Waals surface area contributed by atoms with Crippen LogP contribution in [-0.4, -0.2) is 26.5 Å². The Hall–Kier alpha value is -2.04. The highest BCUT2D eigenvalue weighted by atomic mass is 15.2. The van der Waals surface area contributed by atoms with Crippen molar-refractivity contribution in [3.05, 3.63) is 30.4 Å². The van der Waals surface area contributed by atoms with E-state index in [0.717, 1.165) is 24.9 Å². The molecule has 2 aromatic rings. The van der Waals surface area contributed by atoms with Gasteiger partial charge < -0.3 is 5.32 Å². The zero-order chi connectivity index (χ0) is 14.4. The van der Waals surface area contributed by atoms with Crippen molar-refractivity contribution in [1.82, 2.24) is 19.9 Å². The monoisotopic (exact) mass is 271 g/mol. The van der Waals surface area contributed by atoms with E-state index >= 15 is 0 Å². The van der Waals surface area contributed by atoms with Gasteiger partial charge in [0.1, 0.15) is 5.82 Å². The van der Waals surface area contributed by atoms with Gasteiger partial charge in [0.15, 0.2) is 5.82 Å². The van der Waals surface area contributed by atoms with Gasteiger partial charge in [0.25, 0.3) is 0 Å². The molecule has 0 amide bonds. The summed E-state index contributed by atoms with van der Waals surface area (Å²) >= 11 is 0. The summed E-state index contributed by atoms with van der Waals surface area (Å²) in [4.78, 5) is 17.3. The molecule has 106 valence electrons. The molecule has 0 spiro atoms. The Kier molecular flexibility index (Phi) is 4.98. The molecule has 0 atom stereocenters. The Bertz CT molecular complexity index is 537. The molecule has 2 aromatic heterocycles. The number of hydrogen-bond donors (Lipinski definition) is 1. The fourth-order valence-corrected chi connectivity index (χ4v) is 2.00. The highest BCUT2D eigenvalue weighted by molar-refractivity contribution is 5.54. The molecule has 0 saturated heterocycles. The number of anilines is 1. The SMILES string of the molecule is CCC(CC)CNc1nc(C)nc(-c2cccnc2)n1. The van der Waals surface area contributed by atoms with Crippen LogP contribution >= 0.6 is 0 Å². The smallest absolute Gasteiger partial charge is 0.226 e. The number of nitrogens with one attached hydrogen (secondary N) is 1. The van der Waals surface area contributed by atoms with E-state index < -0.39 is 0 Å². The second-order valence-corrected chi connectivity index (χ2v) is 4.83. The lowest BCUT2D eigenvalue weighted by Gasteiger charge is -2.13. The Balaban J connectivity index is 2.17. The first kappa shape index (κ1) is 14.4. The minimum atomic E-state index is 0.642. The highest BCUT2D eigenvalue weighted by Crippen LogP contribution is 2.15. The van der Waals surface area contributed by atoms with E-state index in [1.54, 1.807) is 12.4 Å². The number of nitrogens with zero attached hydrogens (tertiary/aromatic N) is 4.